The number of fused-ring (bicyclic) bond motifs is 1. The Bertz CT molecular complexity index is 1280. The number of hydrogen-bond donors (Lipinski definition) is 1. The van der Waals surface area contributed by atoms with Gasteiger partial charge in [-0.1, -0.05) is 49.4 Å². The lowest BCUT2D eigenvalue weighted by Crippen LogP contribution is -2.21. The summed E-state index contributed by atoms with van der Waals surface area (Å²) in [6, 6.07) is 22.5. The first-order valence-corrected chi connectivity index (χ1v) is 12.7. The molecule has 0 amide bonds. The molecule has 1 fully saturated rings. The topological polar surface area (TPSA) is 49.8 Å². The SMILES string of the molecule is C[C@H]1CCN(CCCc2ccc(Oc3c(C(=O)c4ccccc4)sc4cc(O)ccc34)cc2)C1. The number of phenolic OH excluding ortho intramolecular Hbond substituents is 1. The highest BCUT2D eigenvalue weighted by Crippen LogP contribution is 2.42. The molecule has 3 aromatic carbocycles. The Hall–Kier alpha value is -3.15. The van der Waals surface area contributed by atoms with Gasteiger partial charge in [0, 0.05) is 22.2 Å². The molecule has 34 heavy (non-hydrogen) atoms. The zero-order chi connectivity index (χ0) is 23.5. The van der Waals surface area contributed by atoms with E-state index < -0.39 is 0 Å². The lowest BCUT2D eigenvalue weighted by molar-refractivity contribution is 0.104. The molecule has 1 atom stereocenters. The Kier molecular flexibility index (Phi) is 6.66. The number of rotatable bonds is 8. The summed E-state index contributed by atoms with van der Waals surface area (Å²) >= 11 is 1.35. The van der Waals surface area contributed by atoms with Crippen LogP contribution in [0.15, 0.2) is 72.8 Å². The van der Waals surface area contributed by atoms with Gasteiger partial charge in [0.25, 0.3) is 0 Å². The molecule has 174 valence electrons. The Labute approximate surface area is 204 Å². The summed E-state index contributed by atoms with van der Waals surface area (Å²) < 4.78 is 7.12. The van der Waals surface area contributed by atoms with E-state index in [1.807, 2.05) is 48.5 Å². The van der Waals surface area contributed by atoms with Crippen molar-refractivity contribution in [1.82, 2.24) is 4.90 Å². The van der Waals surface area contributed by atoms with Gasteiger partial charge in [-0.3, -0.25) is 4.79 Å². The van der Waals surface area contributed by atoms with E-state index in [0.29, 0.717) is 21.9 Å². The monoisotopic (exact) mass is 471 g/mol. The summed E-state index contributed by atoms with van der Waals surface area (Å²) in [5.41, 5.74) is 1.91. The smallest absolute Gasteiger partial charge is 0.206 e. The molecule has 4 nitrogen and oxygen atoms in total. The van der Waals surface area contributed by atoms with Gasteiger partial charge in [0.2, 0.25) is 5.78 Å². The number of aryl methyl sites for hydroxylation is 1. The number of benzene rings is 3. The van der Waals surface area contributed by atoms with Gasteiger partial charge in [0.05, 0.1) is 0 Å². The zero-order valence-corrected chi connectivity index (χ0v) is 20.2. The van der Waals surface area contributed by atoms with Gasteiger partial charge in [0.1, 0.15) is 16.4 Å². The summed E-state index contributed by atoms with van der Waals surface area (Å²) in [5.74, 6) is 2.17. The zero-order valence-electron chi connectivity index (χ0n) is 19.4. The summed E-state index contributed by atoms with van der Waals surface area (Å²) in [7, 11) is 0. The Balaban J connectivity index is 1.34. The van der Waals surface area contributed by atoms with Crippen LogP contribution < -0.4 is 4.74 Å². The number of carbonyl (C=O) groups excluding carboxylic acids is 1. The predicted molar refractivity (Wildman–Crippen MR) is 138 cm³/mol. The van der Waals surface area contributed by atoms with Crippen molar-refractivity contribution >= 4 is 27.2 Å². The number of likely N-dealkylation sites (tertiary alicyclic amines) is 1. The van der Waals surface area contributed by atoms with Crippen LogP contribution in [0.4, 0.5) is 0 Å². The third-order valence-electron chi connectivity index (χ3n) is 6.46. The molecular formula is C29H29NO3S. The van der Waals surface area contributed by atoms with Crippen molar-refractivity contribution in [2.24, 2.45) is 5.92 Å². The van der Waals surface area contributed by atoms with E-state index in [-0.39, 0.29) is 11.5 Å². The Morgan fingerprint density at radius 2 is 1.88 bits per heavy atom. The number of carbonyl (C=O) groups is 1. The van der Waals surface area contributed by atoms with Crippen LogP contribution in [0.2, 0.25) is 0 Å². The second-order valence-electron chi connectivity index (χ2n) is 9.18. The van der Waals surface area contributed by atoms with Crippen molar-refractivity contribution < 1.29 is 14.6 Å². The van der Waals surface area contributed by atoms with Crippen LogP contribution in [0.3, 0.4) is 0 Å². The largest absolute Gasteiger partial charge is 0.508 e. The molecule has 5 rings (SSSR count). The second kappa shape index (κ2) is 10.00. The van der Waals surface area contributed by atoms with Crippen molar-refractivity contribution in [2.75, 3.05) is 19.6 Å². The Morgan fingerprint density at radius 3 is 2.62 bits per heavy atom. The van der Waals surface area contributed by atoms with Gasteiger partial charge in [-0.2, -0.15) is 0 Å². The number of phenols is 1. The summed E-state index contributed by atoms with van der Waals surface area (Å²) in [6.45, 7) is 5.94. The average Bonchev–Trinajstić information content (AvgIpc) is 3.43. The molecule has 4 aromatic rings. The minimum atomic E-state index is -0.0795. The first-order valence-electron chi connectivity index (χ1n) is 11.9. The van der Waals surface area contributed by atoms with Gasteiger partial charge in [-0.15, -0.1) is 11.3 Å². The van der Waals surface area contributed by atoms with Crippen LogP contribution in [-0.2, 0) is 6.42 Å². The molecular weight excluding hydrogens is 442 g/mol. The fourth-order valence-electron chi connectivity index (χ4n) is 4.61. The highest BCUT2D eigenvalue weighted by molar-refractivity contribution is 7.21. The van der Waals surface area contributed by atoms with Gasteiger partial charge in [-0.25, -0.2) is 0 Å². The number of ketones is 1. The Morgan fingerprint density at radius 1 is 1.09 bits per heavy atom. The number of hydrogen-bond acceptors (Lipinski definition) is 5. The molecule has 0 unspecified atom stereocenters. The minimum absolute atomic E-state index is 0.0795. The van der Waals surface area contributed by atoms with Crippen molar-refractivity contribution in [2.45, 2.75) is 26.2 Å². The van der Waals surface area contributed by atoms with Gasteiger partial charge >= 0.3 is 0 Å². The molecule has 1 aliphatic rings. The van der Waals surface area contributed by atoms with E-state index in [1.54, 1.807) is 12.1 Å². The maximum atomic E-state index is 13.3. The van der Waals surface area contributed by atoms with Crippen LogP contribution in [0.1, 0.15) is 40.6 Å². The summed E-state index contributed by atoms with van der Waals surface area (Å²) in [4.78, 5) is 16.4. The van der Waals surface area contributed by atoms with Crippen LogP contribution in [0.25, 0.3) is 10.1 Å². The molecule has 0 spiro atoms. The van der Waals surface area contributed by atoms with Crippen LogP contribution in [-0.4, -0.2) is 35.4 Å². The highest BCUT2D eigenvalue weighted by atomic mass is 32.1. The number of nitrogens with zero attached hydrogens (tertiary/aromatic N) is 1. The van der Waals surface area contributed by atoms with Crippen LogP contribution in [0.5, 0.6) is 17.2 Å². The second-order valence-corrected chi connectivity index (χ2v) is 10.2. The standard InChI is InChI=1S/C29H29NO3S/c1-20-15-17-30(19-20)16-5-6-21-9-12-24(13-10-21)33-28-25-14-11-23(31)18-26(25)34-29(28)27(32)22-7-3-2-4-8-22/h2-4,7-14,18,20,31H,5-6,15-17,19H2,1H3/t20-/m0/s1. The maximum absolute atomic E-state index is 13.3. The van der Waals surface area contributed by atoms with E-state index in [2.05, 4.69) is 24.0 Å². The van der Waals surface area contributed by atoms with Crippen LogP contribution in [0, 0.1) is 5.92 Å². The molecule has 0 aliphatic carbocycles. The molecule has 1 N–H and O–H groups in total. The number of aromatic hydroxyl groups is 1. The number of ether oxygens (including phenoxy) is 1. The predicted octanol–water partition coefficient (Wildman–Crippen LogP) is 6.90. The lowest BCUT2D eigenvalue weighted by atomic mass is 10.1. The third kappa shape index (κ3) is 5.01. The molecule has 1 saturated heterocycles. The highest BCUT2D eigenvalue weighted by Gasteiger charge is 2.22. The first-order chi connectivity index (χ1) is 16.6. The van der Waals surface area contributed by atoms with Gasteiger partial charge in [0.15, 0.2) is 5.75 Å². The van der Waals surface area contributed by atoms with Crippen molar-refractivity contribution in [3.8, 4) is 17.2 Å². The fourth-order valence-corrected chi connectivity index (χ4v) is 5.74. The first kappa shape index (κ1) is 22.6. The minimum Gasteiger partial charge on any atom is -0.508 e. The molecule has 0 radical (unpaired) electrons. The van der Waals surface area contributed by atoms with E-state index >= 15 is 0 Å². The quantitative estimate of drug-likeness (QED) is 0.284. The van der Waals surface area contributed by atoms with E-state index in [9.17, 15) is 9.90 Å². The van der Waals surface area contributed by atoms with Crippen molar-refractivity contribution in [3.05, 3.63) is 88.8 Å². The van der Waals surface area contributed by atoms with Gasteiger partial charge in [-0.05, 0) is 74.2 Å². The van der Waals surface area contributed by atoms with E-state index in [1.165, 1.54) is 36.4 Å². The summed E-state index contributed by atoms with van der Waals surface area (Å²) in [5, 5.41) is 10.8. The van der Waals surface area contributed by atoms with Gasteiger partial charge < -0.3 is 14.7 Å². The normalized spacial score (nSPS) is 16.2. The molecule has 1 aliphatic heterocycles. The van der Waals surface area contributed by atoms with E-state index in [4.69, 9.17) is 4.74 Å². The molecule has 0 bridgehead atoms. The molecule has 0 saturated carbocycles. The van der Waals surface area contributed by atoms with E-state index in [0.717, 1.165) is 35.4 Å². The molecule has 1 aromatic heterocycles. The molecule has 2 heterocycles. The van der Waals surface area contributed by atoms with Crippen molar-refractivity contribution in [3.63, 3.8) is 0 Å². The lowest BCUT2D eigenvalue weighted by Gasteiger charge is -2.15. The third-order valence-corrected chi connectivity index (χ3v) is 7.59. The van der Waals surface area contributed by atoms with Crippen LogP contribution >= 0.6 is 11.3 Å². The molecule has 5 heteroatoms. The maximum Gasteiger partial charge on any atom is 0.206 e. The summed E-state index contributed by atoms with van der Waals surface area (Å²) in [6.07, 6.45) is 3.52. The average molecular weight is 472 g/mol. The fraction of sp³-hybridized carbons (Fsp3) is 0.276. The number of thiophene rings is 1. The van der Waals surface area contributed by atoms with Crippen molar-refractivity contribution in [1.29, 1.82) is 0 Å².